The summed E-state index contributed by atoms with van der Waals surface area (Å²) in [6.07, 6.45) is -3.77. The fraction of sp³-hybridized carbons (Fsp3) is 0.300. The third-order valence-electron chi connectivity index (χ3n) is 1.98. The van der Waals surface area contributed by atoms with Crippen molar-refractivity contribution in [2.45, 2.75) is 19.0 Å². The number of benzene rings is 1. The summed E-state index contributed by atoms with van der Waals surface area (Å²) in [5.74, 6) is -0.538. The lowest BCUT2D eigenvalue weighted by molar-refractivity contribution is -0.137. The first-order valence-corrected chi connectivity index (χ1v) is 4.97. The van der Waals surface area contributed by atoms with Crippen LogP contribution in [-0.4, -0.2) is 6.29 Å². The van der Waals surface area contributed by atoms with Gasteiger partial charge in [-0.1, -0.05) is 22.9 Å². The van der Waals surface area contributed by atoms with E-state index in [0.717, 1.165) is 12.1 Å². The SMILES string of the molecule is CC(C=O)c1cc(Br)cc(C(F)(F)F)c1. The predicted octanol–water partition coefficient (Wildman–Crippen LogP) is 3.77. The Morgan fingerprint density at radius 1 is 1.33 bits per heavy atom. The standard InChI is InChI=1S/C10H8BrF3O/c1-6(5-15)7-2-8(10(12,13)14)4-9(11)3-7/h2-6H,1H3. The number of carbonyl (C=O) groups is 1. The van der Waals surface area contributed by atoms with Gasteiger partial charge in [-0.05, 0) is 23.8 Å². The molecular formula is C10H8BrF3O. The van der Waals surface area contributed by atoms with Gasteiger partial charge in [0.25, 0.3) is 0 Å². The molecular weight excluding hydrogens is 273 g/mol. The first-order valence-electron chi connectivity index (χ1n) is 4.17. The molecule has 1 rings (SSSR count). The third kappa shape index (κ3) is 3.06. The highest BCUT2D eigenvalue weighted by atomic mass is 79.9. The van der Waals surface area contributed by atoms with Gasteiger partial charge in [-0.2, -0.15) is 13.2 Å². The molecule has 0 fully saturated rings. The van der Waals surface area contributed by atoms with E-state index in [0.29, 0.717) is 16.3 Å². The Morgan fingerprint density at radius 3 is 2.40 bits per heavy atom. The van der Waals surface area contributed by atoms with Crippen LogP contribution in [0.2, 0.25) is 0 Å². The van der Waals surface area contributed by atoms with Crippen molar-refractivity contribution in [3.05, 3.63) is 33.8 Å². The van der Waals surface area contributed by atoms with Gasteiger partial charge in [-0.15, -0.1) is 0 Å². The van der Waals surface area contributed by atoms with Gasteiger partial charge >= 0.3 is 6.18 Å². The smallest absolute Gasteiger partial charge is 0.303 e. The minimum atomic E-state index is -4.39. The van der Waals surface area contributed by atoms with Crippen molar-refractivity contribution in [3.8, 4) is 0 Å². The fourth-order valence-corrected chi connectivity index (χ4v) is 1.63. The largest absolute Gasteiger partial charge is 0.416 e. The molecule has 0 aliphatic rings. The molecule has 1 atom stereocenters. The van der Waals surface area contributed by atoms with Crippen LogP contribution in [0.1, 0.15) is 24.0 Å². The summed E-state index contributed by atoms with van der Waals surface area (Å²) in [4.78, 5) is 10.5. The van der Waals surface area contributed by atoms with Crippen LogP contribution in [0.3, 0.4) is 0 Å². The van der Waals surface area contributed by atoms with E-state index in [9.17, 15) is 18.0 Å². The molecule has 0 N–H and O–H groups in total. The molecule has 1 aromatic rings. The van der Waals surface area contributed by atoms with Crippen LogP contribution in [0.15, 0.2) is 22.7 Å². The van der Waals surface area contributed by atoms with E-state index < -0.39 is 17.7 Å². The number of alkyl halides is 3. The molecule has 0 amide bonds. The molecule has 0 bridgehead atoms. The van der Waals surface area contributed by atoms with Crippen LogP contribution >= 0.6 is 15.9 Å². The zero-order valence-electron chi connectivity index (χ0n) is 7.81. The van der Waals surface area contributed by atoms with Crippen molar-refractivity contribution < 1.29 is 18.0 Å². The second-order valence-corrected chi connectivity index (χ2v) is 4.11. The first kappa shape index (κ1) is 12.2. The van der Waals surface area contributed by atoms with Gasteiger partial charge in [-0.3, -0.25) is 0 Å². The number of hydrogen-bond acceptors (Lipinski definition) is 1. The summed E-state index contributed by atoms with van der Waals surface area (Å²) >= 11 is 2.99. The second kappa shape index (κ2) is 4.35. The maximum absolute atomic E-state index is 12.4. The highest BCUT2D eigenvalue weighted by molar-refractivity contribution is 9.10. The van der Waals surface area contributed by atoms with Crippen LogP contribution < -0.4 is 0 Å². The molecule has 0 radical (unpaired) electrons. The molecule has 0 heterocycles. The molecule has 82 valence electrons. The minimum Gasteiger partial charge on any atom is -0.303 e. The Bertz CT molecular complexity index is 373. The Morgan fingerprint density at radius 2 is 1.93 bits per heavy atom. The van der Waals surface area contributed by atoms with E-state index in [1.807, 2.05) is 0 Å². The molecule has 1 nitrogen and oxygen atoms in total. The van der Waals surface area contributed by atoms with Gasteiger partial charge in [0.1, 0.15) is 6.29 Å². The lowest BCUT2D eigenvalue weighted by atomic mass is 10.0. The number of rotatable bonds is 2. The maximum Gasteiger partial charge on any atom is 0.416 e. The molecule has 0 aromatic heterocycles. The van der Waals surface area contributed by atoms with Gasteiger partial charge in [0, 0.05) is 10.4 Å². The first-order chi connectivity index (χ1) is 6.84. The second-order valence-electron chi connectivity index (χ2n) is 3.20. The Balaban J connectivity index is 3.22. The summed E-state index contributed by atoms with van der Waals surface area (Å²) in [6, 6.07) is 3.49. The fourth-order valence-electron chi connectivity index (χ4n) is 1.12. The van der Waals surface area contributed by atoms with Crippen molar-refractivity contribution in [1.82, 2.24) is 0 Å². The number of halogens is 4. The van der Waals surface area contributed by atoms with E-state index in [2.05, 4.69) is 15.9 Å². The van der Waals surface area contributed by atoms with Crippen molar-refractivity contribution in [1.29, 1.82) is 0 Å². The average molecular weight is 281 g/mol. The van der Waals surface area contributed by atoms with Crippen LogP contribution in [-0.2, 0) is 11.0 Å². The van der Waals surface area contributed by atoms with Crippen LogP contribution in [0.5, 0.6) is 0 Å². The molecule has 5 heteroatoms. The van der Waals surface area contributed by atoms with Crippen molar-refractivity contribution >= 4 is 22.2 Å². The topological polar surface area (TPSA) is 17.1 Å². The van der Waals surface area contributed by atoms with Crippen molar-refractivity contribution in [3.63, 3.8) is 0 Å². The van der Waals surface area contributed by atoms with Crippen molar-refractivity contribution in [2.24, 2.45) is 0 Å². The third-order valence-corrected chi connectivity index (χ3v) is 2.44. The Kier molecular flexibility index (Phi) is 3.54. The number of carbonyl (C=O) groups excluding carboxylic acids is 1. The molecule has 0 saturated heterocycles. The van der Waals surface area contributed by atoms with E-state index in [1.54, 1.807) is 6.92 Å². The summed E-state index contributed by atoms with van der Waals surface area (Å²) in [7, 11) is 0. The minimum absolute atomic E-state index is 0.320. The quantitative estimate of drug-likeness (QED) is 0.754. The highest BCUT2D eigenvalue weighted by Crippen LogP contribution is 2.33. The van der Waals surface area contributed by atoms with E-state index >= 15 is 0 Å². The van der Waals surface area contributed by atoms with E-state index in [-0.39, 0.29) is 0 Å². The van der Waals surface area contributed by atoms with Crippen LogP contribution in [0.4, 0.5) is 13.2 Å². The van der Waals surface area contributed by atoms with Crippen LogP contribution in [0, 0.1) is 0 Å². The van der Waals surface area contributed by atoms with Crippen LogP contribution in [0.25, 0.3) is 0 Å². The molecule has 15 heavy (non-hydrogen) atoms. The molecule has 1 unspecified atom stereocenters. The maximum atomic E-state index is 12.4. The zero-order valence-corrected chi connectivity index (χ0v) is 9.39. The lowest BCUT2D eigenvalue weighted by Gasteiger charge is -2.11. The molecule has 0 aliphatic carbocycles. The number of aldehydes is 1. The Labute approximate surface area is 93.4 Å². The summed E-state index contributed by atoms with van der Waals surface area (Å²) in [5.41, 5.74) is -0.396. The van der Waals surface area contributed by atoms with E-state index in [4.69, 9.17) is 0 Å². The highest BCUT2D eigenvalue weighted by Gasteiger charge is 2.31. The summed E-state index contributed by atoms with van der Waals surface area (Å²) < 4.78 is 37.5. The van der Waals surface area contributed by atoms with Crippen molar-refractivity contribution in [2.75, 3.05) is 0 Å². The zero-order chi connectivity index (χ0) is 11.6. The average Bonchev–Trinajstić information content (AvgIpc) is 2.14. The predicted molar refractivity (Wildman–Crippen MR) is 53.6 cm³/mol. The van der Waals surface area contributed by atoms with Gasteiger partial charge in [0.2, 0.25) is 0 Å². The lowest BCUT2D eigenvalue weighted by Crippen LogP contribution is -2.06. The normalized spacial score (nSPS) is 13.7. The number of hydrogen-bond donors (Lipinski definition) is 0. The molecule has 0 spiro atoms. The monoisotopic (exact) mass is 280 g/mol. The van der Waals surface area contributed by atoms with E-state index in [1.165, 1.54) is 6.07 Å². The van der Waals surface area contributed by atoms with Gasteiger partial charge < -0.3 is 4.79 Å². The molecule has 0 aliphatic heterocycles. The molecule has 1 aromatic carbocycles. The van der Waals surface area contributed by atoms with Gasteiger partial charge in [-0.25, -0.2) is 0 Å². The Hall–Kier alpha value is -0.840. The summed E-state index contributed by atoms with van der Waals surface area (Å²) in [6.45, 7) is 1.55. The molecule has 0 saturated carbocycles. The van der Waals surface area contributed by atoms with Gasteiger partial charge in [0.05, 0.1) is 5.56 Å². The van der Waals surface area contributed by atoms with Gasteiger partial charge in [0.15, 0.2) is 0 Å². The summed E-state index contributed by atoms with van der Waals surface area (Å²) in [5, 5.41) is 0.